The number of nitrogens with one attached hydrogen (secondary N) is 2. The molecule has 0 aliphatic carbocycles. The van der Waals surface area contributed by atoms with E-state index in [0.29, 0.717) is 16.5 Å². The number of carbonyl (C=O) groups is 1. The molecule has 0 fully saturated rings. The van der Waals surface area contributed by atoms with E-state index in [9.17, 15) is 4.79 Å². The molecule has 82 valence electrons. The van der Waals surface area contributed by atoms with Crippen LogP contribution in [-0.2, 0) is 0 Å². The number of rotatable bonds is 2. The molecule has 2 rings (SSSR count). The number of aromatic amines is 1. The Morgan fingerprint density at radius 2 is 2.31 bits per heavy atom. The van der Waals surface area contributed by atoms with E-state index in [0.717, 1.165) is 5.56 Å². The van der Waals surface area contributed by atoms with E-state index in [1.54, 1.807) is 31.4 Å². The van der Waals surface area contributed by atoms with Crippen LogP contribution in [0.15, 0.2) is 24.4 Å². The minimum absolute atomic E-state index is 0.216. The molecule has 0 saturated heterocycles. The van der Waals surface area contributed by atoms with Crippen LogP contribution in [-0.4, -0.2) is 28.1 Å². The van der Waals surface area contributed by atoms with Gasteiger partial charge in [0.2, 0.25) is 0 Å². The number of carbonyl (C=O) groups excluding carboxylic acids is 1. The normalized spacial score (nSPS) is 10.1. The summed E-state index contributed by atoms with van der Waals surface area (Å²) in [5, 5.41) is 9.57. The number of nitrogens with zero attached hydrogens (tertiary/aromatic N) is 2. The van der Waals surface area contributed by atoms with Crippen LogP contribution in [0.5, 0.6) is 0 Å². The largest absolute Gasteiger partial charge is 0.354 e. The predicted octanol–water partition coefficient (Wildman–Crippen LogP) is 1.48. The van der Waals surface area contributed by atoms with E-state index < -0.39 is 0 Å². The Labute approximate surface area is 96.8 Å². The van der Waals surface area contributed by atoms with Crippen molar-refractivity contribution in [2.24, 2.45) is 0 Å². The van der Waals surface area contributed by atoms with Crippen molar-refractivity contribution in [2.75, 3.05) is 7.05 Å². The molecule has 2 N–H and O–H groups in total. The second kappa shape index (κ2) is 4.32. The van der Waals surface area contributed by atoms with Gasteiger partial charge in [0.25, 0.3) is 5.91 Å². The van der Waals surface area contributed by atoms with Crippen LogP contribution < -0.4 is 5.32 Å². The summed E-state index contributed by atoms with van der Waals surface area (Å²) in [5.41, 5.74) is 1.87. The fourth-order valence-electron chi connectivity index (χ4n) is 1.25. The van der Waals surface area contributed by atoms with Crippen LogP contribution in [0.2, 0.25) is 5.15 Å². The maximum atomic E-state index is 11.2. The van der Waals surface area contributed by atoms with Gasteiger partial charge in [-0.25, -0.2) is 0 Å². The Kier molecular flexibility index (Phi) is 2.87. The van der Waals surface area contributed by atoms with Crippen molar-refractivity contribution in [2.45, 2.75) is 0 Å². The third kappa shape index (κ3) is 2.04. The highest BCUT2D eigenvalue weighted by molar-refractivity contribution is 6.29. The van der Waals surface area contributed by atoms with Gasteiger partial charge in [-0.05, 0) is 12.1 Å². The van der Waals surface area contributed by atoms with Gasteiger partial charge in [-0.15, -0.1) is 0 Å². The number of H-pyrrole nitrogens is 1. The van der Waals surface area contributed by atoms with E-state index in [1.165, 1.54) is 0 Å². The Hall–Kier alpha value is -1.88. The molecule has 5 nitrogen and oxygen atoms in total. The summed E-state index contributed by atoms with van der Waals surface area (Å²) in [6, 6.07) is 5.10. The zero-order valence-corrected chi connectivity index (χ0v) is 9.25. The molecule has 16 heavy (non-hydrogen) atoms. The van der Waals surface area contributed by atoms with Crippen LogP contribution >= 0.6 is 11.6 Å². The molecule has 0 aliphatic rings. The fourth-order valence-corrected chi connectivity index (χ4v) is 1.40. The number of hydrogen-bond donors (Lipinski definition) is 2. The molecule has 0 atom stereocenters. The van der Waals surface area contributed by atoms with Crippen LogP contribution in [0, 0.1) is 0 Å². The summed E-state index contributed by atoms with van der Waals surface area (Å²) >= 11 is 5.71. The average Bonchev–Trinajstić information content (AvgIpc) is 2.75. The summed E-state index contributed by atoms with van der Waals surface area (Å²) in [6.45, 7) is 0. The number of amides is 1. The minimum atomic E-state index is -0.216. The van der Waals surface area contributed by atoms with Crippen molar-refractivity contribution in [1.29, 1.82) is 0 Å². The second-order valence-corrected chi connectivity index (χ2v) is 3.52. The smallest absolute Gasteiger partial charge is 0.269 e. The molecule has 2 aromatic rings. The maximum absolute atomic E-state index is 11.2. The molecule has 0 aromatic carbocycles. The molecule has 0 radical (unpaired) electrons. The molecule has 0 unspecified atom stereocenters. The lowest BCUT2D eigenvalue weighted by atomic mass is 10.2. The maximum Gasteiger partial charge on any atom is 0.269 e. The van der Waals surface area contributed by atoms with E-state index in [-0.39, 0.29) is 5.91 Å². The van der Waals surface area contributed by atoms with Gasteiger partial charge in [0.15, 0.2) is 0 Å². The highest BCUT2D eigenvalue weighted by atomic mass is 35.5. The highest BCUT2D eigenvalue weighted by Gasteiger charge is 2.06. The third-order valence-electron chi connectivity index (χ3n) is 2.07. The molecule has 0 saturated carbocycles. The van der Waals surface area contributed by atoms with Crippen LogP contribution in [0.1, 0.15) is 10.5 Å². The predicted molar refractivity (Wildman–Crippen MR) is 60.2 cm³/mol. The van der Waals surface area contributed by atoms with Crippen LogP contribution in [0.25, 0.3) is 11.3 Å². The first kappa shape index (κ1) is 10.6. The Morgan fingerprint density at radius 3 is 2.81 bits per heavy atom. The van der Waals surface area contributed by atoms with Gasteiger partial charge in [0, 0.05) is 24.9 Å². The van der Waals surface area contributed by atoms with E-state index in [1.807, 2.05) is 0 Å². The van der Waals surface area contributed by atoms with E-state index in [4.69, 9.17) is 11.6 Å². The molecule has 1 amide bonds. The van der Waals surface area contributed by atoms with Crippen LogP contribution in [0.4, 0.5) is 0 Å². The molecule has 2 heterocycles. The van der Waals surface area contributed by atoms with Crippen molar-refractivity contribution in [3.05, 3.63) is 35.2 Å². The number of aromatic nitrogens is 3. The van der Waals surface area contributed by atoms with Crippen molar-refractivity contribution in [3.8, 4) is 11.3 Å². The summed E-state index contributed by atoms with van der Waals surface area (Å²) in [7, 11) is 1.56. The Bertz CT molecular complexity index is 506. The lowest BCUT2D eigenvalue weighted by molar-refractivity contribution is 0.0958. The van der Waals surface area contributed by atoms with Crippen molar-refractivity contribution >= 4 is 17.5 Å². The van der Waals surface area contributed by atoms with Gasteiger partial charge in [-0.3, -0.25) is 14.9 Å². The van der Waals surface area contributed by atoms with E-state index in [2.05, 4.69) is 20.5 Å². The standard InChI is InChI=1S/C10H9ClN4O/c1-12-10(16)7-3-2-6(5-13-7)8-4-9(11)15-14-8/h2-5H,1H3,(H,12,16)(H,14,15). The van der Waals surface area contributed by atoms with Gasteiger partial charge in [-0.2, -0.15) is 5.10 Å². The van der Waals surface area contributed by atoms with Crippen LogP contribution in [0.3, 0.4) is 0 Å². The average molecular weight is 237 g/mol. The second-order valence-electron chi connectivity index (χ2n) is 3.11. The van der Waals surface area contributed by atoms with Crippen molar-refractivity contribution in [3.63, 3.8) is 0 Å². The first-order valence-electron chi connectivity index (χ1n) is 4.60. The van der Waals surface area contributed by atoms with E-state index >= 15 is 0 Å². The fraction of sp³-hybridized carbons (Fsp3) is 0.100. The first-order valence-corrected chi connectivity index (χ1v) is 4.98. The number of pyridine rings is 1. The summed E-state index contributed by atoms with van der Waals surface area (Å²) in [6.07, 6.45) is 1.58. The molecular formula is C10H9ClN4O. The molecule has 0 aliphatic heterocycles. The van der Waals surface area contributed by atoms with Gasteiger partial charge in [-0.1, -0.05) is 11.6 Å². The summed E-state index contributed by atoms with van der Waals surface area (Å²) < 4.78 is 0. The Morgan fingerprint density at radius 1 is 1.50 bits per heavy atom. The lowest BCUT2D eigenvalue weighted by Gasteiger charge is -1.99. The zero-order chi connectivity index (χ0) is 11.5. The third-order valence-corrected chi connectivity index (χ3v) is 2.26. The number of hydrogen-bond acceptors (Lipinski definition) is 3. The molecular weight excluding hydrogens is 228 g/mol. The lowest BCUT2D eigenvalue weighted by Crippen LogP contribution is -2.18. The van der Waals surface area contributed by atoms with Gasteiger partial charge >= 0.3 is 0 Å². The molecule has 2 aromatic heterocycles. The Balaban J connectivity index is 2.29. The SMILES string of the molecule is CNC(=O)c1ccc(-c2cc(Cl)[nH]n2)cn1. The highest BCUT2D eigenvalue weighted by Crippen LogP contribution is 2.18. The summed E-state index contributed by atoms with van der Waals surface area (Å²) in [5.74, 6) is -0.216. The molecule has 0 spiro atoms. The number of halogens is 1. The monoisotopic (exact) mass is 236 g/mol. The zero-order valence-electron chi connectivity index (χ0n) is 8.49. The van der Waals surface area contributed by atoms with Gasteiger partial charge in [0.1, 0.15) is 10.8 Å². The van der Waals surface area contributed by atoms with Gasteiger partial charge in [0.05, 0.1) is 5.69 Å². The van der Waals surface area contributed by atoms with Crippen molar-refractivity contribution in [1.82, 2.24) is 20.5 Å². The van der Waals surface area contributed by atoms with Crippen molar-refractivity contribution < 1.29 is 4.79 Å². The molecule has 0 bridgehead atoms. The first-order chi connectivity index (χ1) is 7.70. The topological polar surface area (TPSA) is 70.7 Å². The quantitative estimate of drug-likeness (QED) is 0.830. The molecule has 6 heteroatoms. The summed E-state index contributed by atoms with van der Waals surface area (Å²) in [4.78, 5) is 15.3. The van der Waals surface area contributed by atoms with Gasteiger partial charge < -0.3 is 5.32 Å². The minimum Gasteiger partial charge on any atom is -0.354 e.